The monoisotopic (exact) mass is 328 g/mol. The van der Waals surface area contributed by atoms with E-state index in [1.165, 1.54) is 18.7 Å². The molecular formula is C12H12N2O5S2. The molecule has 0 atom stereocenters. The van der Waals surface area contributed by atoms with E-state index >= 15 is 0 Å². The van der Waals surface area contributed by atoms with Gasteiger partial charge in [0.25, 0.3) is 0 Å². The number of aromatic nitrogens is 1. The van der Waals surface area contributed by atoms with Crippen LogP contribution in [-0.4, -0.2) is 31.6 Å². The van der Waals surface area contributed by atoms with Crippen molar-refractivity contribution < 1.29 is 23.1 Å². The number of aromatic carboxylic acids is 1. The number of thiophene rings is 1. The standard InChI is InChI=1S/C12H12N2O5S2/c1-19-10-4-8(2-3-13-10)6-14-21(17,18)11-5-9(7-20-11)12(15)16/h2-5,7,14H,6H2,1H3,(H,15,16). The third-order valence-electron chi connectivity index (χ3n) is 2.56. The van der Waals surface area contributed by atoms with E-state index in [9.17, 15) is 13.2 Å². The van der Waals surface area contributed by atoms with Gasteiger partial charge in [0.2, 0.25) is 15.9 Å². The number of methoxy groups -OCH3 is 1. The summed E-state index contributed by atoms with van der Waals surface area (Å²) in [6, 6.07) is 4.39. The highest BCUT2D eigenvalue weighted by Gasteiger charge is 2.18. The number of carbonyl (C=O) groups is 1. The average Bonchev–Trinajstić information content (AvgIpc) is 2.96. The Morgan fingerprint density at radius 2 is 2.24 bits per heavy atom. The molecule has 0 spiro atoms. The molecule has 0 fully saturated rings. The van der Waals surface area contributed by atoms with Crippen molar-refractivity contribution in [3.05, 3.63) is 40.9 Å². The number of carboxylic acids is 1. The van der Waals surface area contributed by atoms with Gasteiger partial charge in [-0.2, -0.15) is 0 Å². The van der Waals surface area contributed by atoms with Crippen molar-refractivity contribution in [2.75, 3.05) is 7.11 Å². The predicted octanol–water partition coefficient (Wildman–Crippen LogP) is 1.33. The third-order valence-corrected chi connectivity index (χ3v) is 5.40. The number of ether oxygens (including phenoxy) is 1. The Morgan fingerprint density at radius 3 is 2.86 bits per heavy atom. The third kappa shape index (κ3) is 3.78. The van der Waals surface area contributed by atoms with Gasteiger partial charge in [0.1, 0.15) is 4.21 Å². The fourth-order valence-electron chi connectivity index (χ4n) is 1.49. The van der Waals surface area contributed by atoms with E-state index in [-0.39, 0.29) is 16.3 Å². The van der Waals surface area contributed by atoms with Crippen molar-refractivity contribution >= 4 is 27.3 Å². The number of hydrogen-bond donors (Lipinski definition) is 2. The molecule has 0 aliphatic carbocycles. The molecule has 0 bridgehead atoms. The lowest BCUT2D eigenvalue weighted by molar-refractivity contribution is 0.0697. The quantitative estimate of drug-likeness (QED) is 0.828. The van der Waals surface area contributed by atoms with Crippen LogP contribution in [0.15, 0.2) is 34.0 Å². The topological polar surface area (TPSA) is 106 Å². The summed E-state index contributed by atoms with van der Waals surface area (Å²) < 4.78 is 31.4. The van der Waals surface area contributed by atoms with Gasteiger partial charge < -0.3 is 9.84 Å². The summed E-state index contributed by atoms with van der Waals surface area (Å²) in [6.45, 7) is 0.0571. The number of rotatable bonds is 6. The molecule has 2 N–H and O–H groups in total. The maximum Gasteiger partial charge on any atom is 0.336 e. The van der Waals surface area contributed by atoms with E-state index in [1.807, 2.05) is 0 Å². The number of pyridine rings is 1. The van der Waals surface area contributed by atoms with Crippen LogP contribution in [0, 0.1) is 0 Å². The summed E-state index contributed by atoms with van der Waals surface area (Å²) >= 11 is 0.859. The highest BCUT2D eigenvalue weighted by Crippen LogP contribution is 2.20. The zero-order valence-corrected chi connectivity index (χ0v) is 12.6. The fraction of sp³-hybridized carbons (Fsp3) is 0.167. The minimum atomic E-state index is -3.75. The maximum absolute atomic E-state index is 12.1. The molecule has 2 heterocycles. The lowest BCUT2D eigenvalue weighted by Gasteiger charge is -2.06. The Balaban J connectivity index is 2.11. The second kappa shape index (κ2) is 6.20. The number of nitrogens with zero attached hydrogens (tertiary/aromatic N) is 1. The van der Waals surface area contributed by atoms with Gasteiger partial charge in [0, 0.05) is 24.2 Å². The number of sulfonamides is 1. The molecule has 0 amide bonds. The van der Waals surface area contributed by atoms with Crippen LogP contribution >= 0.6 is 11.3 Å². The van der Waals surface area contributed by atoms with E-state index < -0.39 is 16.0 Å². The van der Waals surface area contributed by atoms with Crippen LogP contribution in [-0.2, 0) is 16.6 Å². The fourth-order valence-corrected chi connectivity index (χ4v) is 3.71. The number of nitrogens with one attached hydrogen (secondary N) is 1. The molecule has 2 aromatic heterocycles. The van der Waals surface area contributed by atoms with E-state index in [2.05, 4.69) is 9.71 Å². The van der Waals surface area contributed by atoms with Crippen LogP contribution in [0.1, 0.15) is 15.9 Å². The van der Waals surface area contributed by atoms with Crippen LogP contribution in [0.3, 0.4) is 0 Å². The lowest BCUT2D eigenvalue weighted by Crippen LogP contribution is -2.22. The second-order valence-electron chi connectivity index (χ2n) is 3.99. The summed E-state index contributed by atoms with van der Waals surface area (Å²) in [4.78, 5) is 14.7. The van der Waals surface area contributed by atoms with Gasteiger partial charge >= 0.3 is 5.97 Å². The van der Waals surface area contributed by atoms with Crippen molar-refractivity contribution in [3.8, 4) is 5.88 Å². The minimum Gasteiger partial charge on any atom is -0.481 e. The largest absolute Gasteiger partial charge is 0.481 e. The summed E-state index contributed by atoms with van der Waals surface area (Å²) in [7, 11) is -2.28. The van der Waals surface area contributed by atoms with Crippen LogP contribution in [0.4, 0.5) is 0 Å². The Morgan fingerprint density at radius 1 is 1.48 bits per heavy atom. The van der Waals surface area contributed by atoms with Gasteiger partial charge in [-0.25, -0.2) is 22.9 Å². The highest BCUT2D eigenvalue weighted by atomic mass is 32.2. The van der Waals surface area contributed by atoms with Crippen molar-refractivity contribution in [3.63, 3.8) is 0 Å². The molecule has 112 valence electrons. The second-order valence-corrected chi connectivity index (χ2v) is 6.90. The summed E-state index contributed by atoms with van der Waals surface area (Å²) in [5, 5.41) is 10.1. The Kier molecular flexibility index (Phi) is 4.56. The molecule has 0 aliphatic heterocycles. The van der Waals surface area contributed by atoms with Gasteiger partial charge in [-0.15, -0.1) is 11.3 Å². The Labute approximate surface area is 125 Å². The van der Waals surface area contributed by atoms with Gasteiger partial charge in [0.15, 0.2) is 0 Å². The minimum absolute atomic E-state index is 0.0408. The van der Waals surface area contributed by atoms with Crippen molar-refractivity contribution in [2.45, 2.75) is 10.8 Å². The summed E-state index contributed by atoms with van der Waals surface area (Å²) in [5.74, 6) is -0.775. The van der Waals surface area contributed by atoms with Gasteiger partial charge in [-0.05, 0) is 17.7 Å². The van der Waals surface area contributed by atoms with Crippen molar-refractivity contribution in [1.82, 2.24) is 9.71 Å². The molecular weight excluding hydrogens is 316 g/mol. The zero-order valence-electron chi connectivity index (χ0n) is 10.9. The molecule has 0 aromatic carbocycles. The van der Waals surface area contributed by atoms with Crippen LogP contribution in [0.25, 0.3) is 0 Å². The number of hydrogen-bond acceptors (Lipinski definition) is 6. The molecule has 0 radical (unpaired) electrons. The first-order valence-electron chi connectivity index (χ1n) is 5.73. The van der Waals surface area contributed by atoms with Gasteiger partial charge in [-0.1, -0.05) is 0 Å². The highest BCUT2D eigenvalue weighted by molar-refractivity contribution is 7.91. The molecule has 0 saturated heterocycles. The predicted molar refractivity (Wildman–Crippen MR) is 76.1 cm³/mol. The first-order chi connectivity index (χ1) is 9.92. The molecule has 9 heteroatoms. The molecule has 2 aromatic rings. The lowest BCUT2D eigenvalue weighted by atomic mass is 10.3. The Bertz CT molecular complexity index is 755. The molecule has 21 heavy (non-hydrogen) atoms. The van der Waals surface area contributed by atoms with Crippen LogP contribution in [0.2, 0.25) is 0 Å². The molecule has 2 rings (SSSR count). The molecule has 0 aliphatic rings. The normalized spacial score (nSPS) is 11.3. The van der Waals surface area contributed by atoms with Gasteiger partial charge in [-0.3, -0.25) is 0 Å². The van der Waals surface area contributed by atoms with E-state index in [4.69, 9.17) is 9.84 Å². The van der Waals surface area contributed by atoms with Crippen LogP contribution < -0.4 is 9.46 Å². The molecule has 0 unspecified atom stereocenters. The maximum atomic E-state index is 12.1. The van der Waals surface area contributed by atoms with Crippen molar-refractivity contribution in [1.29, 1.82) is 0 Å². The summed E-state index contributed by atoms with van der Waals surface area (Å²) in [5.41, 5.74) is 0.631. The first kappa shape index (κ1) is 15.4. The van der Waals surface area contributed by atoms with Crippen molar-refractivity contribution in [2.24, 2.45) is 0 Å². The van der Waals surface area contributed by atoms with Gasteiger partial charge in [0.05, 0.1) is 12.7 Å². The SMILES string of the molecule is COc1cc(CNS(=O)(=O)c2cc(C(=O)O)cs2)ccn1. The first-order valence-corrected chi connectivity index (χ1v) is 8.09. The number of carboxylic acid groups (broad SMARTS) is 1. The molecule has 0 saturated carbocycles. The average molecular weight is 328 g/mol. The van der Waals surface area contributed by atoms with E-state index in [0.717, 1.165) is 17.4 Å². The summed E-state index contributed by atoms with van der Waals surface area (Å²) in [6.07, 6.45) is 1.51. The molecule has 7 nitrogen and oxygen atoms in total. The van der Waals surface area contributed by atoms with E-state index in [1.54, 1.807) is 12.1 Å². The van der Waals surface area contributed by atoms with E-state index in [0.29, 0.717) is 11.4 Å². The smallest absolute Gasteiger partial charge is 0.336 e. The van der Waals surface area contributed by atoms with Crippen LogP contribution in [0.5, 0.6) is 5.88 Å². The Hall–Kier alpha value is -1.97. The zero-order chi connectivity index (χ0) is 15.5.